The summed E-state index contributed by atoms with van der Waals surface area (Å²) in [5, 5.41) is 10.4. The summed E-state index contributed by atoms with van der Waals surface area (Å²) < 4.78 is 1.21. The molecule has 3 aromatic rings. The number of carbonyl (C=O) groups excluding carboxylic acids is 1. The molecule has 0 unspecified atom stereocenters. The van der Waals surface area contributed by atoms with Crippen molar-refractivity contribution in [1.82, 2.24) is 4.57 Å². The number of hydrogen-bond donors (Lipinski definition) is 2. The summed E-state index contributed by atoms with van der Waals surface area (Å²) in [6, 6.07) is 17.4. The molecule has 0 bridgehead atoms. The Morgan fingerprint density at radius 1 is 0.957 bits per heavy atom. The second kappa shape index (κ2) is 5.81. The number of primary amides is 1. The summed E-state index contributed by atoms with van der Waals surface area (Å²) in [5.41, 5.74) is 5.84. The van der Waals surface area contributed by atoms with Crippen LogP contribution in [-0.4, -0.2) is 15.6 Å². The van der Waals surface area contributed by atoms with Crippen molar-refractivity contribution in [2.45, 2.75) is 0 Å². The van der Waals surface area contributed by atoms with E-state index in [0.717, 1.165) is 0 Å². The van der Waals surface area contributed by atoms with Crippen molar-refractivity contribution < 1.29 is 9.90 Å². The molecular formula is C18H14N2O3. The number of benzene rings is 2. The first kappa shape index (κ1) is 14.6. The van der Waals surface area contributed by atoms with Crippen LogP contribution in [0, 0.1) is 0 Å². The van der Waals surface area contributed by atoms with E-state index in [-0.39, 0.29) is 16.9 Å². The highest BCUT2D eigenvalue weighted by Crippen LogP contribution is 2.31. The van der Waals surface area contributed by atoms with Gasteiger partial charge >= 0.3 is 0 Å². The number of rotatable bonds is 3. The summed E-state index contributed by atoms with van der Waals surface area (Å²) in [7, 11) is 0. The van der Waals surface area contributed by atoms with E-state index < -0.39 is 11.5 Å². The van der Waals surface area contributed by atoms with Crippen LogP contribution in [0.3, 0.4) is 0 Å². The lowest BCUT2D eigenvalue weighted by molar-refractivity contribution is 0.0999. The van der Waals surface area contributed by atoms with Crippen LogP contribution in [0.25, 0.3) is 16.8 Å². The topological polar surface area (TPSA) is 85.3 Å². The van der Waals surface area contributed by atoms with Crippen molar-refractivity contribution >= 4 is 5.91 Å². The Balaban J connectivity index is 2.35. The van der Waals surface area contributed by atoms with Crippen LogP contribution >= 0.6 is 0 Å². The molecule has 1 amide bonds. The molecule has 1 aromatic heterocycles. The summed E-state index contributed by atoms with van der Waals surface area (Å²) in [5.74, 6) is -1.07. The van der Waals surface area contributed by atoms with Crippen LogP contribution in [-0.2, 0) is 0 Å². The van der Waals surface area contributed by atoms with Gasteiger partial charge in [-0.1, -0.05) is 48.5 Å². The first-order valence-electron chi connectivity index (χ1n) is 6.99. The molecule has 3 N–H and O–H groups in total. The van der Waals surface area contributed by atoms with Gasteiger partial charge in [0, 0.05) is 11.3 Å². The zero-order valence-electron chi connectivity index (χ0n) is 12.1. The molecule has 114 valence electrons. The van der Waals surface area contributed by atoms with Crippen molar-refractivity contribution in [3.63, 3.8) is 0 Å². The SMILES string of the molecule is NC(=O)c1c(-c2ccccc2)c(O)cn(-c2ccccc2)c1=O. The molecule has 0 spiro atoms. The molecule has 0 fully saturated rings. The van der Waals surface area contributed by atoms with Gasteiger partial charge in [0.1, 0.15) is 11.3 Å². The number of nitrogens with two attached hydrogens (primary N) is 1. The van der Waals surface area contributed by atoms with Crippen LogP contribution in [0.5, 0.6) is 5.75 Å². The molecular weight excluding hydrogens is 292 g/mol. The fourth-order valence-corrected chi connectivity index (χ4v) is 2.51. The van der Waals surface area contributed by atoms with Gasteiger partial charge < -0.3 is 10.8 Å². The fourth-order valence-electron chi connectivity index (χ4n) is 2.51. The Bertz CT molecular complexity index is 916. The van der Waals surface area contributed by atoms with Gasteiger partial charge in [-0.2, -0.15) is 0 Å². The molecule has 0 radical (unpaired) electrons. The Labute approximate surface area is 132 Å². The molecule has 0 saturated heterocycles. The largest absolute Gasteiger partial charge is 0.506 e. The summed E-state index contributed by atoms with van der Waals surface area (Å²) in [6.45, 7) is 0. The summed E-state index contributed by atoms with van der Waals surface area (Å²) in [4.78, 5) is 24.6. The normalized spacial score (nSPS) is 10.4. The van der Waals surface area contributed by atoms with Crippen LogP contribution in [0.15, 0.2) is 71.7 Å². The predicted molar refractivity (Wildman–Crippen MR) is 87.7 cm³/mol. The number of amides is 1. The Morgan fingerprint density at radius 2 is 1.52 bits per heavy atom. The zero-order chi connectivity index (χ0) is 16.4. The monoisotopic (exact) mass is 306 g/mol. The van der Waals surface area contributed by atoms with Gasteiger partial charge in [-0.15, -0.1) is 0 Å². The van der Waals surface area contributed by atoms with Gasteiger partial charge in [-0.05, 0) is 17.7 Å². The molecule has 0 saturated carbocycles. The van der Waals surface area contributed by atoms with E-state index >= 15 is 0 Å². The van der Waals surface area contributed by atoms with Crippen LogP contribution in [0.4, 0.5) is 0 Å². The third-order valence-electron chi connectivity index (χ3n) is 3.53. The van der Waals surface area contributed by atoms with Gasteiger partial charge in [0.2, 0.25) is 0 Å². The fraction of sp³-hybridized carbons (Fsp3) is 0. The van der Waals surface area contributed by atoms with Crippen molar-refractivity contribution in [2.75, 3.05) is 0 Å². The molecule has 0 aliphatic carbocycles. The lowest BCUT2D eigenvalue weighted by Crippen LogP contribution is -2.29. The third kappa shape index (κ3) is 2.60. The maximum atomic E-state index is 12.7. The number of carbonyl (C=O) groups is 1. The first-order chi connectivity index (χ1) is 11.1. The Kier molecular flexibility index (Phi) is 3.68. The van der Waals surface area contributed by atoms with Crippen LogP contribution < -0.4 is 11.3 Å². The van der Waals surface area contributed by atoms with Gasteiger partial charge in [0.15, 0.2) is 0 Å². The molecule has 23 heavy (non-hydrogen) atoms. The van der Waals surface area contributed by atoms with Gasteiger partial charge in [-0.3, -0.25) is 14.2 Å². The van der Waals surface area contributed by atoms with Crippen molar-refractivity contribution in [3.05, 3.63) is 82.8 Å². The summed E-state index contributed by atoms with van der Waals surface area (Å²) >= 11 is 0. The highest BCUT2D eigenvalue weighted by molar-refractivity contribution is 6.01. The van der Waals surface area contributed by atoms with E-state index in [0.29, 0.717) is 11.3 Å². The maximum absolute atomic E-state index is 12.7. The molecule has 0 aliphatic heterocycles. The second-order valence-corrected chi connectivity index (χ2v) is 5.01. The molecule has 5 nitrogen and oxygen atoms in total. The minimum Gasteiger partial charge on any atom is -0.506 e. The van der Waals surface area contributed by atoms with E-state index in [2.05, 4.69) is 0 Å². The predicted octanol–water partition coefficient (Wildman–Crippen LogP) is 2.31. The maximum Gasteiger partial charge on any atom is 0.268 e. The smallest absolute Gasteiger partial charge is 0.268 e. The standard InChI is InChI=1S/C18H14N2O3/c19-17(22)16-15(12-7-3-1-4-8-12)14(21)11-20(18(16)23)13-9-5-2-6-10-13/h1-11,21H,(H2,19,22). The average molecular weight is 306 g/mol. The van der Waals surface area contributed by atoms with Crippen molar-refractivity contribution in [1.29, 1.82) is 0 Å². The van der Waals surface area contributed by atoms with Crippen LogP contribution in [0.2, 0.25) is 0 Å². The quantitative estimate of drug-likeness (QED) is 0.778. The van der Waals surface area contributed by atoms with E-state index in [9.17, 15) is 14.7 Å². The number of hydrogen-bond acceptors (Lipinski definition) is 3. The molecule has 0 atom stereocenters. The molecule has 5 heteroatoms. The molecule has 0 aliphatic rings. The van der Waals surface area contributed by atoms with Crippen LogP contribution in [0.1, 0.15) is 10.4 Å². The number of nitrogens with zero attached hydrogens (tertiary/aromatic N) is 1. The minimum atomic E-state index is -0.880. The lowest BCUT2D eigenvalue weighted by atomic mass is 10.00. The van der Waals surface area contributed by atoms with E-state index in [1.165, 1.54) is 10.8 Å². The zero-order valence-corrected chi connectivity index (χ0v) is 12.1. The average Bonchev–Trinajstić information content (AvgIpc) is 2.57. The number of para-hydroxylation sites is 1. The third-order valence-corrected chi connectivity index (χ3v) is 3.53. The van der Waals surface area contributed by atoms with E-state index in [4.69, 9.17) is 5.73 Å². The van der Waals surface area contributed by atoms with E-state index in [1.54, 1.807) is 54.6 Å². The van der Waals surface area contributed by atoms with Crippen molar-refractivity contribution in [2.24, 2.45) is 5.73 Å². The lowest BCUT2D eigenvalue weighted by Gasteiger charge is -2.13. The van der Waals surface area contributed by atoms with Gasteiger partial charge in [-0.25, -0.2) is 0 Å². The van der Waals surface area contributed by atoms with Crippen molar-refractivity contribution in [3.8, 4) is 22.6 Å². The van der Waals surface area contributed by atoms with Gasteiger partial charge in [0.05, 0.1) is 6.20 Å². The number of aromatic nitrogens is 1. The number of pyridine rings is 1. The van der Waals surface area contributed by atoms with E-state index in [1.807, 2.05) is 6.07 Å². The highest BCUT2D eigenvalue weighted by atomic mass is 16.3. The summed E-state index contributed by atoms with van der Waals surface area (Å²) in [6.07, 6.45) is 1.30. The molecule has 3 rings (SSSR count). The Hall–Kier alpha value is -3.34. The Morgan fingerprint density at radius 3 is 2.09 bits per heavy atom. The number of aromatic hydroxyl groups is 1. The highest BCUT2D eigenvalue weighted by Gasteiger charge is 2.21. The first-order valence-corrected chi connectivity index (χ1v) is 6.99. The minimum absolute atomic E-state index is 0.148. The second-order valence-electron chi connectivity index (χ2n) is 5.01. The molecule has 1 heterocycles. The molecule has 2 aromatic carbocycles. The van der Waals surface area contributed by atoms with Gasteiger partial charge in [0.25, 0.3) is 11.5 Å².